The third kappa shape index (κ3) is 3.54. The van der Waals surface area contributed by atoms with Crippen LogP contribution in [0.5, 0.6) is 0 Å². The first-order valence-corrected chi connectivity index (χ1v) is 14.2. The summed E-state index contributed by atoms with van der Waals surface area (Å²) in [6.45, 7) is 0. The van der Waals surface area contributed by atoms with Crippen molar-refractivity contribution >= 4 is 97.8 Å². The van der Waals surface area contributed by atoms with Crippen LogP contribution in [0.25, 0.3) is 11.1 Å². The Morgan fingerprint density at radius 1 is 0.833 bits per heavy atom. The Hall–Kier alpha value is 0.980. The maximum Gasteiger partial charge on any atom is 0.0798 e. The van der Waals surface area contributed by atoms with Crippen LogP contribution in [0.2, 0.25) is 0 Å². The summed E-state index contributed by atoms with van der Waals surface area (Å²) in [4.78, 5) is 1.43. The number of fused-ring (bicyclic) bond motifs is 1. The quantitative estimate of drug-likeness (QED) is 0.404. The molecule has 24 heavy (non-hydrogen) atoms. The zero-order chi connectivity index (χ0) is 16.7. The minimum absolute atomic E-state index is 1.13. The predicted molar refractivity (Wildman–Crippen MR) is 125 cm³/mol. The second-order valence-corrected chi connectivity index (χ2v) is 13.5. The van der Waals surface area contributed by atoms with E-state index in [1.807, 2.05) is 81.9 Å². The van der Waals surface area contributed by atoms with Crippen molar-refractivity contribution in [2.45, 2.75) is 9.10 Å². The van der Waals surface area contributed by atoms with Gasteiger partial charge in [-0.1, -0.05) is 75.1 Å². The van der Waals surface area contributed by atoms with Crippen molar-refractivity contribution in [3.8, 4) is 11.1 Å². The van der Waals surface area contributed by atoms with Gasteiger partial charge < -0.3 is 0 Å². The lowest BCUT2D eigenvalue weighted by Gasteiger charge is -2.03. The molecule has 3 heterocycles. The fraction of sp³-hybridized carbons (Fsp3) is 0.125. The Bertz CT molecular complexity index is 830. The second-order valence-electron chi connectivity index (χ2n) is 4.74. The third-order valence-electron chi connectivity index (χ3n) is 3.32. The SMILES string of the molecule is CSC1=C(SC)SC(=C2Sc3scc(-c4ccc(Br)cc4)c3S2)S1. The largest absolute Gasteiger partial charge is 0.135 e. The molecule has 124 valence electrons. The van der Waals surface area contributed by atoms with E-state index in [0.29, 0.717) is 0 Å². The fourth-order valence-electron chi connectivity index (χ4n) is 2.21. The summed E-state index contributed by atoms with van der Waals surface area (Å²) in [6, 6.07) is 8.63. The molecule has 0 aliphatic carbocycles. The molecule has 2 aliphatic rings. The van der Waals surface area contributed by atoms with Gasteiger partial charge in [0.1, 0.15) is 0 Å². The van der Waals surface area contributed by atoms with E-state index in [1.165, 1.54) is 37.2 Å². The van der Waals surface area contributed by atoms with E-state index in [-0.39, 0.29) is 0 Å². The number of benzene rings is 1. The topological polar surface area (TPSA) is 0 Å². The number of thiophene rings is 1. The minimum Gasteiger partial charge on any atom is -0.135 e. The highest BCUT2D eigenvalue weighted by molar-refractivity contribution is 9.10. The molecular weight excluding hydrogens is 497 g/mol. The highest BCUT2D eigenvalue weighted by Gasteiger charge is 2.30. The minimum atomic E-state index is 1.13. The molecular formula is C16H11BrS7. The molecule has 0 saturated carbocycles. The van der Waals surface area contributed by atoms with E-state index in [1.54, 1.807) is 0 Å². The van der Waals surface area contributed by atoms with Crippen LogP contribution in [0.15, 0.2) is 60.2 Å². The van der Waals surface area contributed by atoms with Crippen molar-refractivity contribution in [3.63, 3.8) is 0 Å². The average Bonchev–Trinajstić information content (AvgIpc) is 3.28. The van der Waals surface area contributed by atoms with E-state index in [4.69, 9.17) is 0 Å². The van der Waals surface area contributed by atoms with Crippen LogP contribution in [0.4, 0.5) is 0 Å². The van der Waals surface area contributed by atoms with E-state index < -0.39 is 0 Å². The number of hydrogen-bond donors (Lipinski definition) is 0. The lowest BCUT2D eigenvalue weighted by Crippen LogP contribution is -1.76. The van der Waals surface area contributed by atoms with E-state index >= 15 is 0 Å². The molecule has 0 saturated heterocycles. The summed E-state index contributed by atoms with van der Waals surface area (Å²) in [6.07, 6.45) is 4.34. The predicted octanol–water partition coefficient (Wildman–Crippen LogP) is 8.83. The third-order valence-corrected chi connectivity index (χ3v) is 13.5. The summed E-state index contributed by atoms with van der Waals surface area (Å²) in [5, 5.41) is 2.29. The maximum absolute atomic E-state index is 3.52. The van der Waals surface area contributed by atoms with Crippen molar-refractivity contribution in [2.75, 3.05) is 12.5 Å². The van der Waals surface area contributed by atoms with Gasteiger partial charge in [-0.3, -0.25) is 0 Å². The summed E-state index contributed by atoms with van der Waals surface area (Å²) in [5.41, 5.74) is 2.67. The summed E-state index contributed by atoms with van der Waals surface area (Å²) < 4.78 is 8.34. The van der Waals surface area contributed by atoms with Crippen molar-refractivity contribution in [2.24, 2.45) is 0 Å². The van der Waals surface area contributed by atoms with Gasteiger partial charge in [0.15, 0.2) is 0 Å². The zero-order valence-corrected chi connectivity index (χ0v) is 19.9. The second kappa shape index (κ2) is 7.92. The zero-order valence-electron chi connectivity index (χ0n) is 12.6. The lowest BCUT2D eigenvalue weighted by molar-refractivity contribution is 1.41. The van der Waals surface area contributed by atoms with E-state index in [0.717, 1.165) is 4.47 Å². The van der Waals surface area contributed by atoms with E-state index in [2.05, 4.69) is 58.1 Å². The first-order valence-electron chi connectivity index (χ1n) is 6.85. The normalized spacial score (nSPS) is 17.1. The molecule has 0 fully saturated rings. The van der Waals surface area contributed by atoms with Gasteiger partial charge in [0, 0.05) is 20.3 Å². The molecule has 2 aliphatic heterocycles. The summed E-state index contributed by atoms with van der Waals surface area (Å²) in [7, 11) is 0. The van der Waals surface area contributed by atoms with Gasteiger partial charge in [-0.25, -0.2) is 0 Å². The summed E-state index contributed by atoms with van der Waals surface area (Å²) in [5.74, 6) is 0. The summed E-state index contributed by atoms with van der Waals surface area (Å²) >= 11 is 16.9. The maximum atomic E-state index is 3.52. The Kier molecular flexibility index (Phi) is 6.06. The number of rotatable bonds is 3. The fourth-order valence-corrected chi connectivity index (χ4v) is 11.9. The van der Waals surface area contributed by atoms with Gasteiger partial charge >= 0.3 is 0 Å². The van der Waals surface area contributed by atoms with E-state index in [9.17, 15) is 0 Å². The number of halogens is 1. The molecule has 0 unspecified atom stereocenters. The first-order chi connectivity index (χ1) is 11.7. The molecule has 0 atom stereocenters. The Balaban J connectivity index is 1.62. The van der Waals surface area contributed by atoms with Crippen molar-refractivity contribution in [1.82, 2.24) is 0 Å². The molecule has 4 rings (SSSR count). The molecule has 0 nitrogen and oxygen atoms in total. The Morgan fingerprint density at radius 3 is 2.08 bits per heavy atom. The highest BCUT2D eigenvalue weighted by Crippen LogP contribution is 2.65. The molecule has 0 bridgehead atoms. The molecule has 1 aromatic heterocycles. The standard InChI is InChI=1S/C16H11BrS7/c1-18-13-14(19-2)24-16(23-13)15-21-11-10(7-20-12(11)22-15)8-3-5-9(17)6-4-8/h3-7H,1-2H3. The van der Waals surface area contributed by atoms with Crippen LogP contribution in [0.1, 0.15) is 0 Å². The van der Waals surface area contributed by atoms with Crippen LogP contribution >= 0.6 is 97.8 Å². The lowest BCUT2D eigenvalue weighted by atomic mass is 10.1. The molecule has 1 aromatic carbocycles. The highest BCUT2D eigenvalue weighted by atomic mass is 79.9. The van der Waals surface area contributed by atoms with Gasteiger partial charge in [-0.2, -0.15) is 0 Å². The van der Waals surface area contributed by atoms with Crippen molar-refractivity contribution in [1.29, 1.82) is 0 Å². The molecule has 8 heteroatoms. The van der Waals surface area contributed by atoms with Crippen molar-refractivity contribution < 1.29 is 0 Å². The average molecular weight is 508 g/mol. The van der Waals surface area contributed by atoms with Gasteiger partial charge in [0.05, 0.1) is 21.2 Å². The molecule has 2 aromatic rings. The van der Waals surface area contributed by atoms with Crippen molar-refractivity contribution in [3.05, 3.63) is 51.1 Å². The molecule has 0 spiro atoms. The number of thioether (sulfide) groups is 6. The molecule has 0 amide bonds. The smallest absolute Gasteiger partial charge is 0.0798 e. The molecule has 0 radical (unpaired) electrons. The van der Waals surface area contributed by atoms with Gasteiger partial charge in [-0.05, 0) is 30.2 Å². The first kappa shape index (κ1) is 18.3. The number of hydrogen-bond acceptors (Lipinski definition) is 7. The van der Waals surface area contributed by atoms with Crippen LogP contribution in [-0.4, -0.2) is 12.5 Å². The Morgan fingerprint density at radius 2 is 1.46 bits per heavy atom. The van der Waals surface area contributed by atoms with Crippen LogP contribution in [-0.2, 0) is 0 Å². The van der Waals surface area contributed by atoms with Gasteiger partial charge in [0.25, 0.3) is 0 Å². The molecule has 0 N–H and O–H groups in total. The van der Waals surface area contributed by atoms with Gasteiger partial charge in [-0.15, -0.1) is 34.9 Å². The Labute approximate surface area is 180 Å². The van der Waals surface area contributed by atoms with Crippen LogP contribution in [0, 0.1) is 0 Å². The van der Waals surface area contributed by atoms with Crippen LogP contribution < -0.4 is 0 Å². The monoisotopic (exact) mass is 506 g/mol. The van der Waals surface area contributed by atoms with Gasteiger partial charge in [0.2, 0.25) is 0 Å². The van der Waals surface area contributed by atoms with Crippen LogP contribution in [0.3, 0.4) is 0 Å².